The molecule has 0 spiro atoms. The fraction of sp³-hybridized carbons (Fsp3) is 0.286. The van der Waals surface area contributed by atoms with Crippen molar-refractivity contribution < 1.29 is 4.42 Å². The van der Waals surface area contributed by atoms with Crippen molar-refractivity contribution in [3.05, 3.63) is 46.8 Å². The first-order valence-corrected chi connectivity index (χ1v) is 6.68. The SMILES string of the molecule is Brc1ccc(-c2ccoc2CNC2CC2)cc1. The molecule has 17 heavy (non-hydrogen) atoms. The van der Waals surface area contributed by atoms with E-state index in [0.29, 0.717) is 6.04 Å². The number of furan rings is 1. The van der Waals surface area contributed by atoms with Crippen LogP contribution in [0.2, 0.25) is 0 Å². The summed E-state index contributed by atoms with van der Waals surface area (Å²) in [6.07, 6.45) is 4.37. The zero-order chi connectivity index (χ0) is 11.7. The summed E-state index contributed by atoms with van der Waals surface area (Å²) in [6.45, 7) is 0.822. The van der Waals surface area contributed by atoms with Gasteiger partial charge in [-0.2, -0.15) is 0 Å². The second-order valence-electron chi connectivity index (χ2n) is 4.42. The van der Waals surface area contributed by atoms with Crippen molar-refractivity contribution >= 4 is 15.9 Å². The van der Waals surface area contributed by atoms with Gasteiger partial charge in [-0.25, -0.2) is 0 Å². The fourth-order valence-electron chi connectivity index (χ4n) is 1.89. The zero-order valence-corrected chi connectivity index (χ0v) is 11.0. The summed E-state index contributed by atoms with van der Waals surface area (Å²) in [6, 6.07) is 11.1. The average molecular weight is 292 g/mol. The smallest absolute Gasteiger partial charge is 0.125 e. The molecule has 2 nitrogen and oxygen atoms in total. The summed E-state index contributed by atoms with van der Waals surface area (Å²) in [7, 11) is 0. The summed E-state index contributed by atoms with van der Waals surface area (Å²) in [5.41, 5.74) is 2.39. The maximum atomic E-state index is 5.55. The molecule has 1 aliphatic carbocycles. The highest BCUT2D eigenvalue weighted by Crippen LogP contribution is 2.27. The highest BCUT2D eigenvalue weighted by molar-refractivity contribution is 9.10. The first-order chi connectivity index (χ1) is 8.33. The van der Waals surface area contributed by atoms with Crippen LogP contribution in [0.5, 0.6) is 0 Å². The maximum Gasteiger partial charge on any atom is 0.125 e. The van der Waals surface area contributed by atoms with Crippen LogP contribution < -0.4 is 5.32 Å². The molecule has 0 bridgehead atoms. The van der Waals surface area contributed by atoms with Crippen LogP contribution in [-0.4, -0.2) is 6.04 Å². The molecule has 3 rings (SSSR count). The Kier molecular flexibility index (Phi) is 3.04. The molecular formula is C14H14BrNO. The Morgan fingerprint density at radius 1 is 1.18 bits per heavy atom. The van der Waals surface area contributed by atoms with Gasteiger partial charge in [-0.3, -0.25) is 0 Å². The Bertz CT molecular complexity index is 499. The standard InChI is InChI=1S/C14H14BrNO/c15-11-3-1-10(2-4-11)13-7-8-17-14(13)9-16-12-5-6-12/h1-4,7-8,12,16H,5-6,9H2. The van der Waals surface area contributed by atoms with Crippen molar-refractivity contribution in [2.24, 2.45) is 0 Å². The van der Waals surface area contributed by atoms with Gasteiger partial charge in [0.25, 0.3) is 0 Å². The predicted molar refractivity (Wildman–Crippen MR) is 71.7 cm³/mol. The molecule has 1 N–H and O–H groups in total. The monoisotopic (exact) mass is 291 g/mol. The van der Waals surface area contributed by atoms with Crippen molar-refractivity contribution in [1.29, 1.82) is 0 Å². The van der Waals surface area contributed by atoms with Crippen LogP contribution in [0.4, 0.5) is 0 Å². The lowest BCUT2D eigenvalue weighted by Gasteiger charge is -2.04. The summed E-state index contributed by atoms with van der Waals surface area (Å²) < 4.78 is 6.65. The van der Waals surface area contributed by atoms with E-state index in [0.717, 1.165) is 16.8 Å². The summed E-state index contributed by atoms with van der Waals surface area (Å²) >= 11 is 3.45. The van der Waals surface area contributed by atoms with E-state index in [1.807, 2.05) is 6.07 Å². The molecule has 88 valence electrons. The third-order valence-corrected chi connectivity index (χ3v) is 3.56. The number of benzene rings is 1. The number of rotatable bonds is 4. The van der Waals surface area contributed by atoms with E-state index in [-0.39, 0.29) is 0 Å². The van der Waals surface area contributed by atoms with E-state index >= 15 is 0 Å². The second-order valence-corrected chi connectivity index (χ2v) is 5.34. The molecule has 0 unspecified atom stereocenters. The number of hydrogen-bond acceptors (Lipinski definition) is 2. The molecule has 1 fully saturated rings. The van der Waals surface area contributed by atoms with E-state index in [1.165, 1.54) is 24.0 Å². The molecule has 1 aromatic heterocycles. The zero-order valence-electron chi connectivity index (χ0n) is 9.45. The van der Waals surface area contributed by atoms with Crippen LogP contribution in [0.25, 0.3) is 11.1 Å². The Hall–Kier alpha value is -1.06. The Labute approximate surface area is 109 Å². The topological polar surface area (TPSA) is 25.2 Å². The third-order valence-electron chi connectivity index (χ3n) is 3.03. The third kappa shape index (κ3) is 2.61. The molecule has 3 heteroatoms. The minimum atomic E-state index is 0.706. The summed E-state index contributed by atoms with van der Waals surface area (Å²) in [4.78, 5) is 0. The van der Waals surface area contributed by atoms with Crippen molar-refractivity contribution in [2.45, 2.75) is 25.4 Å². The molecule has 0 saturated heterocycles. The van der Waals surface area contributed by atoms with Crippen LogP contribution in [0.15, 0.2) is 45.5 Å². The first kappa shape index (κ1) is 11.1. The highest BCUT2D eigenvalue weighted by Gasteiger charge is 2.21. The largest absolute Gasteiger partial charge is 0.467 e. The molecule has 1 aromatic carbocycles. The van der Waals surface area contributed by atoms with Gasteiger partial charge in [0.15, 0.2) is 0 Å². The predicted octanol–water partition coefficient (Wildman–Crippen LogP) is 3.96. The lowest BCUT2D eigenvalue weighted by Crippen LogP contribution is -2.15. The summed E-state index contributed by atoms with van der Waals surface area (Å²) in [5, 5.41) is 3.48. The number of nitrogens with one attached hydrogen (secondary N) is 1. The van der Waals surface area contributed by atoms with E-state index in [1.54, 1.807) is 6.26 Å². The van der Waals surface area contributed by atoms with Gasteiger partial charge >= 0.3 is 0 Å². The van der Waals surface area contributed by atoms with E-state index in [2.05, 4.69) is 45.5 Å². The van der Waals surface area contributed by atoms with E-state index in [9.17, 15) is 0 Å². The molecule has 0 atom stereocenters. The minimum absolute atomic E-state index is 0.706. The van der Waals surface area contributed by atoms with Gasteiger partial charge in [0.05, 0.1) is 12.8 Å². The average Bonchev–Trinajstić information content (AvgIpc) is 3.06. The van der Waals surface area contributed by atoms with Crippen molar-refractivity contribution in [1.82, 2.24) is 5.32 Å². The van der Waals surface area contributed by atoms with Crippen LogP contribution in [0, 0.1) is 0 Å². The van der Waals surface area contributed by atoms with Crippen LogP contribution in [0.1, 0.15) is 18.6 Å². The maximum absolute atomic E-state index is 5.55. The van der Waals surface area contributed by atoms with Gasteiger partial charge in [0.2, 0.25) is 0 Å². The van der Waals surface area contributed by atoms with Gasteiger partial charge in [0, 0.05) is 16.1 Å². The fourth-order valence-corrected chi connectivity index (χ4v) is 2.15. The van der Waals surface area contributed by atoms with Crippen molar-refractivity contribution in [3.8, 4) is 11.1 Å². The number of hydrogen-bond donors (Lipinski definition) is 1. The van der Waals surface area contributed by atoms with Crippen molar-refractivity contribution in [2.75, 3.05) is 0 Å². The summed E-state index contributed by atoms with van der Waals surface area (Å²) in [5.74, 6) is 1.03. The second kappa shape index (κ2) is 4.67. The lowest BCUT2D eigenvalue weighted by atomic mass is 10.1. The molecular weight excluding hydrogens is 278 g/mol. The lowest BCUT2D eigenvalue weighted by molar-refractivity contribution is 0.483. The molecule has 0 amide bonds. The normalized spacial score (nSPS) is 15.1. The van der Waals surface area contributed by atoms with E-state index in [4.69, 9.17) is 4.42 Å². The van der Waals surface area contributed by atoms with E-state index < -0.39 is 0 Å². The molecule has 1 heterocycles. The molecule has 1 aliphatic rings. The Morgan fingerprint density at radius 2 is 1.94 bits per heavy atom. The van der Waals surface area contributed by atoms with Crippen molar-refractivity contribution in [3.63, 3.8) is 0 Å². The van der Waals surface area contributed by atoms with Gasteiger partial charge in [-0.15, -0.1) is 0 Å². The van der Waals surface area contributed by atoms with Gasteiger partial charge in [-0.1, -0.05) is 28.1 Å². The molecule has 1 saturated carbocycles. The van der Waals surface area contributed by atoms with Crippen LogP contribution >= 0.6 is 15.9 Å². The molecule has 0 radical (unpaired) electrons. The molecule has 2 aromatic rings. The minimum Gasteiger partial charge on any atom is -0.467 e. The quantitative estimate of drug-likeness (QED) is 0.922. The van der Waals surface area contributed by atoms with Gasteiger partial charge in [0.1, 0.15) is 5.76 Å². The Morgan fingerprint density at radius 3 is 2.65 bits per heavy atom. The highest BCUT2D eigenvalue weighted by atomic mass is 79.9. The van der Waals surface area contributed by atoms with Crippen LogP contribution in [0.3, 0.4) is 0 Å². The van der Waals surface area contributed by atoms with Gasteiger partial charge in [-0.05, 0) is 36.6 Å². The first-order valence-electron chi connectivity index (χ1n) is 5.88. The molecule has 0 aliphatic heterocycles. The Balaban J connectivity index is 1.81. The number of halogens is 1. The van der Waals surface area contributed by atoms with Crippen LogP contribution in [-0.2, 0) is 6.54 Å². The van der Waals surface area contributed by atoms with Gasteiger partial charge < -0.3 is 9.73 Å².